The summed E-state index contributed by atoms with van der Waals surface area (Å²) in [6.07, 6.45) is 0.788. The fourth-order valence-corrected chi connectivity index (χ4v) is 2.78. The van der Waals surface area contributed by atoms with E-state index >= 15 is 0 Å². The van der Waals surface area contributed by atoms with E-state index in [1.165, 1.54) is 22.4 Å². The summed E-state index contributed by atoms with van der Waals surface area (Å²) in [6, 6.07) is 11.0. The predicted molar refractivity (Wildman–Crippen MR) is 103 cm³/mol. The molecule has 2 aromatic rings. The third-order valence-corrected chi connectivity index (χ3v) is 4.38. The molecule has 1 amide bonds. The normalized spacial score (nSPS) is 10.9. The summed E-state index contributed by atoms with van der Waals surface area (Å²) >= 11 is 0. The van der Waals surface area contributed by atoms with Crippen LogP contribution in [0.3, 0.4) is 0 Å². The van der Waals surface area contributed by atoms with Crippen molar-refractivity contribution >= 4 is 5.91 Å². The number of aromatic nitrogens is 2. The highest BCUT2D eigenvalue weighted by Crippen LogP contribution is 2.12. The standard InChI is InChI=1S/C20H28N4O2/c1-4-13-24-19(25)12-11-18(22-24)20(26)21-14-16-9-7-8-10-17(16)15-23(5-2)6-3/h7-12H,4-6,13-15H2,1-3H3,(H,21,26). The molecule has 1 N–H and O–H groups in total. The second-order valence-electron chi connectivity index (χ2n) is 6.19. The first-order chi connectivity index (χ1) is 12.6. The molecule has 0 spiro atoms. The minimum atomic E-state index is -0.271. The number of aryl methyl sites for hydroxylation is 1. The fraction of sp³-hybridized carbons (Fsp3) is 0.450. The fourth-order valence-electron chi connectivity index (χ4n) is 2.78. The van der Waals surface area contributed by atoms with Gasteiger partial charge in [-0.2, -0.15) is 5.10 Å². The molecule has 0 saturated carbocycles. The van der Waals surface area contributed by atoms with Crippen molar-refractivity contribution in [1.82, 2.24) is 20.0 Å². The minimum Gasteiger partial charge on any atom is -0.347 e. The molecule has 140 valence electrons. The quantitative estimate of drug-likeness (QED) is 0.749. The highest BCUT2D eigenvalue weighted by atomic mass is 16.2. The maximum absolute atomic E-state index is 12.4. The van der Waals surface area contributed by atoms with Crippen LogP contribution in [-0.2, 0) is 19.6 Å². The molecule has 0 aliphatic carbocycles. The highest BCUT2D eigenvalue weighted by Gasteiger charge is 2.11. The van der Waals surface area contributed by atoms with Crippen LogP contribution in [0.5, 0.6) is 0 Å². The number of nitrogens with zero attached hydrogens (tertiary/aromatic N) is 3. The molecule has 0 bridgehead atoms. The number of hydrogen-bond donors (Lipinski definition) is 1. The summed E-state index contributed by atoms with van der Waals surface area (Å²) in [5.41, 5.74) is 2.38. The van der Waals surface area contributed by atoms with Gasteiger partial charge in [-0.3, -0.25) is 14.5 Å². The van der Waals surface area contributed by atoms with Gasteiger partial charge < -0.3 is 5.32 Å². The number of carbonyl (C=O) groups is 1. The summed E-state index contributed by atoms with van der Waals surface area (Å²) < 4.78 is 1.34. The molecule has 0 saturated heterocycles. The van der Waals surface area contributed by atoms with Crippen LogP contribution in [0.4, 0.5) is 0 Å². The molecule has 6 heteroatoms. The monoisotopic (exact) mass is 356 g/mol. The summed E-state index contributed by atoms with van der Waals surface area (Å²) in [4.78, 5) is 26.5. The topological polar surface area (TPSA) is 67.2 Å². The smallest absolute Gasteiger partial charge is 0.271 e. The van der Waals surface area contributed by atoms with Gasteiger partial charge in [0.1, 0.15) is 5.69 Å². The highest BCUT2D eigenvalue weighted by molar-refractivity contribution is 5.91. The zero-order chi connectivity index (χ0) is 18.9. The van der Waals surface area contributed by atoms with Crippen LogP contribution in [-0.4, -0.2) is 33.7 Å². The van der Waals surface area contributed by atoms with Gasteiger partial charge in [0.15, 0.2) is 0 Å². The lowest BCUT2D eigenvalue weighted by Crippen LogP contribution is -2.30. The molecule has 0 radical (unpaired) electrons. The van der Waals surface area contributed by atoms with Crippen LogP contribution in [0.15, 0.2) is 41.2 Å². The van der Waals surface area contributed by atoms with Gasteiger partial charge in [-0.15, -0.1) is 0 Å². The van der Waals surface area contributed by atoms with Crippen molar-refractivity contribution in [2.75, 3.05) is 13.1 Å². The first kappa shape index (κ1) is 19.8. The molecule has 2 rings (SSSR count). The number of nitrogens with one attached hydrogen (secondary N) is 1. The van der Waals surface area contributed by atoms with Crippen LogP contribution in [0.1, 0.15) is 48.8 Å². The lowest BCUT2D eigenvalue weighted by Gasteiger charge is -2.20. The molecule has 1 aromatic carbocycles. The van der Waals surface area contributed by atoms with Gasteiger partial charge in [-0.25, -0.2) is 4.68 Å². The zero-order valence-corrected chi connectivity index (χ0v) is 15.9. The third-order valence-electron chi connectivity index (χ3n) is 4.38. The van der Waals surface area contributed by atoms with Gasteiger partial charge in [0, 0.05) is 25.7 Å². The summed E-state index contributed by atoms with van der Waals surface area (Å²) in [6.45, 7) is 10.0. The van der Waals surface area contributed by atoms with Crippen molar-refractivity contribution in [3.63, 3.8) is 0 Å². The Bertz CT molecular complexity index is 781. The Morgan fingerprint density at radius 2 is 1.77 bits per heavy atom. The van der Waals surface area contributed by atoms with E-state index < -0.39 is 0 Å². The van der Waals surface area contributed by atoms with Gasteiger partial charge >= 0.3 is 0 Å². The lowest BCUT2D eigenvalue weighted by molar-refractivity contribution is 0.0943. The summed E-state index contributed by atoms with van der Waals surface area (Å²) in [5.74, 6) is -0.271. The van der Waals surface area contributed by atoms with E-state index in [2.05, 4.69) is 35.2 Å². The van der Waals surface area contributed by atoms with E-state index in [0.29, 0.717) is 13.1 Å². The number of rotatable bonds is 9. The van der Waals surface area contributed by atoms with Crippen LogP contribution < -0.4 is 10.9 Å². The van der Waals surface area contributed by atoms with Crippen molar-refractivity contribution in [3.8, 4) is 0 Å². The van der Waals surface area contributed by atoms with E-state index in [4.69, 9.17) is 0 Å². The second-order valence-corrected chi connectivity index (χ2v) is 6.19. The maximum Gasteiger partial charge on any atom is 0.271 e. The van der Waals surface area contributed by atoms with Gasteiger partial charge in [-0.1, -0.05) is 45.0 Å². The largest absolute Gasteiger partial charge is 0.347 e. The summed E-state index contributed by atoms with van der Waals surface area (Å²) in [5, 5.41) is 7.07. The van der Waals surface area contributed by atoms with Crippen molar-refractivity contribution in [2.45, 2.75) is 46.8 Å². The molecule has 0 unspecified atom stereocenters. The molecule has 1 aromatic heterocycles. The Hall–Kier alpha value is -2.47. The molecule has 0 fully saturated rings. The number of carbonyl (C=O) groups excluding carboxylic acids is 1. The Kier molecular flexibility index (Phi) is 7.53. The zero-order valence-electron chi connectivity index (χ0n) is 15.9. The predicted octanol–water partition coefficient (Wildman–Crippen LogP) is 2.43. The molecular formula is C20H28N4O2. The van der Waals surface area contributed by atoms with Crippen LogP contribution in [0.2, 0.25) is 0 Å². The third kappa shape index (κ3) is 5.26. The first-order valence-corrected chi connectivity index (χ1v) is 9.24. The van der Waals surface area contributed by atoms with E-state index in [1.807, 2.05) is 25.1 Å². The number of benzene rings is 1. The Morgan fingerprint density at radius 1 is 1.08 bits per heavy atom. The van der Waals surface area contributed by atoms with Crippen molar-refractivity contribution in [2.24, 2.45) is 0 Å². The molecule has 0 aliphatic heterocycles. The molecule has 6 nitrogen and oxygen atoms in total. The SMILES string of the molecule is CCCn1nc(C(=O)NCc2ccccc2CN(CC)CC)ccc1=O. The van der Waals surface area contributed by atoms with E-state index in [9.17, 15) is 9.59 Å². The van der Waals surface area contributed by atoms with Crippen molar-refractivity contribution in [1.29, 1.82) is 0 Å². The second kappa shape index (κ2) is 9.87. The van der Waals surface area contributed by atoms with E-state index in [-0.39, 0.29) is 17.2 Å². The minimum absolute atomic E-state index is 0.187. The molecular weight excluding hydrogens is 328 g/mol. The van der Waals surface area contributed by atoms with Gasteiger partial charge in [0.2, 0.25) is 0 Å². The summed E-state index contributed by atoms with van der Waals surface area (Å²) in [7, 11) is 0. The van der Waals surface area contributed by atoms with E-state index in [0.717, 1.165) is 31.6 Å². The van der Waals surface area contributed by atoms with Gasteiger partial charge in [-0.05, 0) is 36.7 Å². The van der Waals surface area contributed by atoms with Crippen LogP contribution in [0.25, 0.3) is 0 Å². The van der Waals surface area contributed by atoms with Gasteiger partial charge in [0.25, 0.3) is 11.5 Å². The van der Waals surface area contributed by atoms with Crippen molar-refractivity contribution in [3.05, 3.63) is 63.6 Å². The lowest BCUT2D eigenvalue weighted by atomic mass is 10.1. The first-order valence-electron chi connectivity index (χ1n) is 9.24. The Labute approximate surface area is 154 Å². The Morgan fingerprint density at radius 3 is 2.42 bits per heavy atom. The average Bonchev–Trinajstić information content (AvgIpc) is 2.66. The van der Waals surface area contributed by atoms with Crippen molar-refractivity contribution < 1.29 is 4.79 Å². The van der Waals surface area contributed by atoms with E-state index in [1.54, 1.807) is 0 Å². The van der Waals surface area contributed by atoms with Gasteiger partial charge in [0.05, 0.1) is 0 Å². The molecule has 0 aliphatic rings. The molecule has 1 heterocycles. The Balaban J connectivity index is 2.08. The number of amides is 1. The van der Waals surface area contributed by atoms with Crippen LogP contribution >= 0.6 is 0 Å². The average molecular weight is 356 g/mol. The molecule has 0 atom stereocenters. The molecule has 26 heavy (non-hydrogen) atoms. The van der Waals surface area contributed by atoms with Crippen LogP contribution in [0, 0.1) is 0 Å². The maximum atomic E-state index is 12.4. The number of hydrogen-bond acceptors (Lipinski definition) is 4.